The van der Waals surface area contributed by atoms with E-state index >= 15 is 0 Å². The van der Waals surface area contributed by atoms with E-state index in [1.807, 2.05) is 0 Å². The van der Waals surface area contributed by atoms with Crippen LogP contribution in [0.5, 0.6) is 0 Å². The second-order valence-electron chi connectivity index (χ2n) is 6.56. The third-order valence-corrected chi connectivity index (χ3v) is 3.05. The Morgan fingerprint density at radius 1 is 1.12 bits per heavy atom. The van der Waals surface area contributed by atoms with Crippen LogP contribution in [-0.2, 0) is 19.1 Å². The van der Waals surface area contributed by atoms with Crippen LogP contribution < -0.4 is 5.32 Å². The molecule has 1 amide bonds. The maximum Gasteiger partial charge on any atom is 0.411 e. The van der Waals surface area contributed by atoms with Gasteiger partial charge in [0.1, 0.15) is 17.7 Å². The molecule has 0 aromatic carbocycles. The molecular weight excluding hydrogens is 331 g/mol. The highest BCUT2D eigenvalue weighted by Crippen LogP contribution is 2.21. The van der Waals surface area contributed by atoms with Crippen LogP contribution in [-0.4, -0.2) is 77.4 Å². The van der Waals surface area contributed by atoms with Gasteiger partial charge in [-0.1, -0.05) is 0 Å². The Balaban J connectivity index is 0.000000433. The number of ether oxygens (including phenoxy) is 1. The average molecular weight is 356 g/mol. The van der Waals surface area contributed by atoms with Gasteiger partial charge in [0.15, 0.2) is 7.85 Å². The normalized spacial score (nSPS) is 21.0. The van der Waals surface area contributed by atoms with Crippen molar-refractivity contribution < 1.29 is 34.1 Å². The van der Waals surface area contributed by atoms with E-state index in [0.29, 0.717) is 13.0 Å². The van der Waals surface area contributed by atoms with Crippen molar-refractivity contribution in [3.63, 3.8) is 0 Å². The number of hydrogen-bond acceptors (Lipinski definition) is 6. The molecule has 2 aliphatic rings. The summed E-state index contributed by atoms with van der Waals surface area (Å²) in [6.45, 7) is 7.88. The molecular formula is C15H25BN2O7. The van der Waals surface area contributed by atoms with Gasteiger partial charge >= 0.3 is 18.0 Å². The summed E-state index contributed by atoms with van der Waals surface area (Å²) in [5.74, 6) is -1.70. The Hall–Kier alpha value is -2.10. The van der Waals surface area contributed by atoms with Crippen molar-refractivity contribution in [2.75, 3.05) is 13.1 Å². The molecule has 3 N–H and O–H groups in total. The molecule has 0 saturated carbocycles. The predicted octanol–water partition coefficient (Wildman–Crippen LogP) is 0.215. The van der Waals surface area contributed by atoms with E-state index in [4.69, 9.17) is 14.9 Å². The molecule has 9 nitrogen and oxygen atoms in total. The third-order valence-electron chi connectivity index (χ3n) is 3.05. The molecule has 2 radical (unpaired) electrons. The second-order valence-corrected chi connectivity index (χ2v) is 6.56. The van der Waals surface area contributed by atoms with Crippen molar-refractivity contribution in [2.45, 2.75) is 58.2 Å². The molecule has 2 rings (SSSR count). The lowest BCUT2D eigenvalue weighted by Gasteiger charge is -2.38. The Morgan fingerprint density at radius 3 is 1.76 bits per heavy atom. The van der Waals surface area contributed by atoms with Crippen LogP contribution in [0.3, 0.4) is 0 Å². The van der Waals surface area contributed by atoms with Gasteiger partial charge in [-0.3, -0.25) is 9.69 Å². The number of carbonyl (C=O) groups is 4. The predicted molar refractivity (Wildman–Crippen MR) is 89.5 cm³/mol. The molecule has 2 fully saturated rings. The molecule has 2 heterocycles. The molecule has 2 atom stereocenters. The highest BCUT2D eigenvalue weighted by molar-refractivity contribution is 6.56. The van der Waals surface area contributed by atoms with Crippen molar-refractivity contribution in [1.29, 1.82) is 0 Å². The molecule has 0 aromatic rings. The van der Waals surface area contributed by atoms with Gasteiger partial charge < -0.3 is 25.1 Å². The molecule has 0 aliphatic carbocycles. The third kappa shape index (κ3) is 9.70. The first-order valence-electron chi connectivity index (χ1n) is 7.79. The Kier molecular flexibility index (Phi) is 9.18. The lowest BCUT2D eigenvalue weighted by Crippen LogP contribution is -2.56. The minimum absolute atomic E-state index is 0.250. The summed E-state index contributed by atoms with van der Waals surface area (Å²) in [5, 5.41) is 19.6. The van der Waals surface area contributed by atoms with Crippen molar-refractivity contribution in [3.05, 3.63) is 0 Å². The van der Waals surface area contributed by atoms with Gasteiger partial charge in [0.05, 0.1) is 5.68 Å². The first-order valence-corrected chi connectivity index (χ1v) is 7.79. The van der Waals surface area contributed by atoms with Crippen LogP contribution in [0.25, 0.3) is 0 Å². The summed E-state index contributed by atoms with van der Waals surface area (Å²) in [6.07, 6.45) is 0.750. The molecule has 0 bridgehead atoms. The number of carboxylic acids is 2. The molecule has 0 spiro atoms. The fraction of sp³-hybridized carbons (Fsp3) is 0.733. The van der Waals surface area contributed by atoms with E-state index in [1.54, 1.807) is 20.8 Å². The number of rotatable bonds is 2. The maximum absolute atomic E-state index is 11.4. The SMILES string of the molecule is CC(C)(C)OC(=O)N1CC[C@H]1C(=O)O.O=C(O)[C@@H]1CCN1.[B]C(C)=O. The first kappa shape index (κ1) is 22.9. The zero-order chi connectivity index (χ0) is 19.8. The number of aliphatic carboxylic acids is 2. The van der Waals surface area contributed by atoms with Crippen molar-refractivity contribution in [2.24, 2.45) is 0 Å². The van der Waals surface area contributed by atoms with Gasteiger partial charge in [-0.15, -0.1) is 0 Å². The maximum atomic E-state index is 11.4. The topological polar surface area (TPSA) is 133 Å². The fourth-order valence-corrected chi connectivity index (χ4v) is 1.68. The highest BCUT2D eigenvalue weighted by Gasteiger charge is 2.39. The van der Waals surface area contributed by atoms with E-state index in [9.17, 15) is 19.2 Å². The smallest absolute Gasteiger partial charge is 0.411 e. The van der Waals surface area contributed by atoms with Crippen molar-refractivity contribution in [3.8, 4) is 0 Å². The van der Waals surface area contributed by atoms with Crippen molar-refractivity contribution in [1.82, 2.24) is 10.2 Å². The number of carboxylic acid groups (broad SMARTS) is 2. The lowest BCUT2D eigenvalue weighted by molar-refractivity contribution is -0.147. The molecule has 0 unspecified atom stereocenters. The number of carbonyl (C=O) groups excluding carboxylic acids is 2. The minimum Gasteiger partial charge on any atom is -0.480 e. The number of amides is 1. The van der Waals surface area contributed by atoms with Gasteiger partial charge in [0.25, 0.3) is 0 Å². The van der Waals surface area contributed by atoms with Gasteiger partial charge in [-0.05, 0) is 47.1 Å². The summed E-state index contributed by atoms with van der Waals surface area (Å²) < 4.78 is 5.05. The number of likely N-dealkylation sites (tertiary alicyclic amines) is 1. The molecule has 25 heavy (non-hydrogen) atoms. The van der Waals surface area contributed by atoms with Gasteiger partial charge in [-0.2, -0.15) is 0 Å². The van der Waals surface area contributed by atoms with Crippen LogP contribution in [0.1, 0.15) is 40.5 Å². The van der Waals surface area contributed by atoms with E-state index < -0.39 is 29.7 Å². The monoisotopic (exact) mass is 356 g/mol. The van der Waals surface area contributed by atoms with E-state index in [0.717, 1.165) is 13.0 Å². The van der Waals surface area contributed by atoms with Crippen LogP contribution >= 0.6 is 0 Å². The van der Waals surface area contributed by atoms with E-state index in [1.165, 1.54) is 11.8 Å². The van der Waals surface area contributed by atoms with Crippen LogP contribution in [0, 0.1) is 0 Å². The van der Waals surface area contributed by atoms with Gasteiger partial charge in [-0.25, -0.2) is 9.59 Å². The highest BCUT2D eigenvalue weighted by atomic mass is 16.6. The van der Waals surface area contributed by atoms with Gasteiger partial charge in [0, 0.05) is 6.54 Å². The average Bonchev–Trinajstić information content (AvgIpc) is 2.18. The van der Waals surface area contributed by atoms with E-state index in [2.05, 4.69) is 13.2 Å². The van der Waals surface area contributed by atoms with Crippen molar-refractivity contribution >= 4 is 31.6 Å². The summed E-state index contributed by atoms with van der Waals surface area (Å²) >= 11 is 0. The zero-order valence-corrected chi connectivity index (χ0v) is 14.9. The van der Waals surface area contributed by atoms with Gasteiger partial charge in [0.2, 0.25) is 0 Å². The summed E-state index contributed by atoms with van der Waals surface area (Å²) in [6, 6.07) is -0.954. The molecule has 0 aromatic heterocycles. The molecule has 2 aliphatic heterocycles. The Labute approximate surface area is 148 Å². The minimum atomic E-state index is -0.970. The summed E-state index contributed by atoms with van der Waals surface area (Å²) in [4.78, 5) is 42.4. The molecule has 10 heteroatoms. The molecule has 140 valence electrons. The second kappa shape index (κ2) is 10.0. The summed E-state index contributed by atoms with van der Waals surface area (Å²) in [7, 11) is 4.47. The largest absolute Gasteiger partial charge is 0.480 e. The lowest BCUT2D eigenvalue weighted by atomic mass is 10.0. The number of nitrogens with one attached hydrogen (secondary N) is 1. The quantitative estimate of drug-likeness (QED) is 0.598. The van der Waals surface area contributed by atoms with Crippen LogP contribution in [0.4, 0.5) is 4.79 Å². The van der Waals surface area contributed by atoms with E-state index in [-0.39, 0.29) is 11.7 Å². The van der Waals surface area contributed by atoms with Crippen LogP contribution in [0.2, 0.25) is 0 Å². The summed E-state index contributed by atoms with van der Waals surface area (Å²) in [5.41, 5.74) is -0.907. The Morgan fingerprint density at radius 2 is 1.60 bits per heavy atom. The number of hydrogen-bond donors (Lipinski definition) is 3. The van der Waals surface area contributed by atoms with Crippen LogP contribution in [0.15, 0.2) is 0 Å². The first-order chi connectivity index (χ1) is 11.3. The zero-order valence-electron chi connectivity index (χ0n) is 14.9. The Bertz CT molecular complexity index is 497. The fourth-order valence-electron chi connectivity index (χ4n) is 1.68. The standard InChI is InChI=1S/C9H15NO4.C4H7NO2.C2H3BO/c1-9(2,3)14-8(13)10-5-4-6(10)7(11)12;6-4(7)3-1-2-5-3;1-2(3)4/h6H,4-5H2,1-3H3,(H,11,12);3,5H,1-2H2,(H,6,7);1H3/t6-;3-;/m00./s1. The number of nitrogens with zero attached hydrogens (tertiary/aromatic N) is 1. The molecule has 2 saturated heterocycles.